The minimum absolute atomic E-state index is 0.273. The molecule has 0 saturated carbocycles. The molecule has 2 heterocycles. The van der Waals surface area contributed by atoms with Gasteiger partial charge in [-0.2, -0.15) is 5.10 Å². The van der Waals surface area contributed by atoms with Gasteiger partial charge < -0.3 is 9.84 Å². The van der Waals surface area contributed by atoms with Crippen LogP contribution in [0.2, 0.25) is 0 Å². The second kappa shape index (κ2) is 5.10. The number of carboxylic acid groups (broad SMARTS) is 1. The molecule has 2 N–H and O–H groups in total. The van der Waals surface area contributed by atoms with Gasteiger partial charge in [0.15, 0.2) is 5.65 Å². The van der Waals surface area contributed by atoms with E-state index in [9.17, 15) is 9.90 Å². The fourth-order valence-corrected chi connectivity index (χ4v) is 2.56. The molecule has 2 aromatic carbocycles. The van der Waals surface area contributed by atoms with E-state index >= 15 is 0 Å². The van der Waals surface area contributed by atoms with Gasteiger partial charge in [-0.1, -0.05) is 12.1 Å². The minimum Gasteiger partial charge on any atom is -0.478 e. The summed E-state index contributed by atoms with van der Waals surface area (Å²) in [6.45, 7) is 0. The van der Waals surface area contributed by atoms with Gasteiger partial charge in [0.2, 0.25) is 0 Å². The highest BCUT2D eigenvalue weighted by atomic mass is 16.5. The Labute approximate surface area is 130 Å². The van der Waals surface area contributed by atoms with Gasteiger partial charge in [0, 0.05) is 6.20 Å². The Morgan fingerprint density at radius 3 is 2.91 bits per heavy atom. The van der Waals surface area contributed by atoms with Crippen LogP contribution in [0.5, 0.6) is 11.5 Å². The Morgan fingerprint density at radius 2 is 2.04 bits per heavy atom. The van der Waals surface area contributed by atoms with E-state index in [1.54, 1.807) is 42.7 Å². The van der Waals surface area contributed by atoms with Gasteiger partial charge in [-0.25, -0.2) is 9.78 Å². The number of fused-ring (bicyclic) bond motifs is 2. The highest BCUT2D eigenvalue weighted by Crippen LogP contribution is 2.30. The smallest absolute Gasteiger partial charge is 0.336 e. The molecule has 0 fully saturated rings. The fraction of sp³-hybridized carbons (Fsp3) is 0. The van der Waals surface area contributed by atoms with E-state index in [0.717, 1.165) is 10.8 Å². The second-order valence-corrected chi connectivity index (χ2v) is 5.04. The molecule has 0 radical (unpaired) electrons. The van der Waals surface area contributed by atoms with Gasteiger partial charge >= 0.3 is 5.97 Å². The van der Waals surface area contributed by atoms with E-state index in [0.29, 0.717) is 22.5 Å². The average molecular weight is 305 g/mol. The van der Waals surface area contributed by atoms with Crippen LogP contribution in [0.25, 0.3) is 21.8 Å². The highest BCUT2D eigenvalue weighted by molar-refractivity contribution is 6.03. The van der Waals surface area contributed by atoms with Crippen molar-refractivity contribution in [1.82, 2.24) is 15.2 Å². The minimum atomic E-state index is -0.946. The molecule has 0 saturated heterocycles. The zero-order chi connectivity index (χ0) is 15.8. The van der Waals surface area contributed by atoms with E-state index in [1.807, 2.05) is 12.1 Å². The third-order valence-electron chi connectivity index (χ3n) is 3.62. The molecule has 4 aromatic rings. The maximum atomic E-state index is 11.3. The summed E-state index contributed by atoms with van der Waals surface area (Å²) in [4.78, 5) is 15.4. The average Bonchev–Trinajstić information content (AvgIpc) is 3.03. The summed E-state index contributed by atoms with van der Waals surface area (Å²) in [6, 6.07) is 12.2. The van der Waals surface area contributed by atoms with Crippen LogP contribution >= 0.6 is 0 Å². The Hall–Kier alpha value is -3.41. The number of aromatic amines is 1. The third-order valence-corrected chi connectivity index (χ3v) is 3.62. The summed E-state index contributed by atoms with van der Waals surface area (Å²) >= 11 is 0. The van der Waals surface area contributed by atoms with Crippen molar-refractivity contribution in [3.05, 3.63) is 60.4 Å². The van der Waals surface area contributed by atoms with Crippen LogP contribution in [0, 0.1) is 0 Å². The molecule has 2 aromatic heterocycles. The number of nitrogens with one attached hydrogen (secondary N) is 1. The molecule has 4 rings (SSSR count). The number of hydrogen-bond acceptors (Lipinski definition) is 4. The van der Waals surface area contributed by atoms with E-state index in [2.05, 4.69) is 15.2 Å². The monoisotopic (exact) mass is 305 g/mol. The van der Waals surface area contributed by atoms with Crippen LogP contribution in [0.4, 0.5) is 0 Å². The molecule has 0 aliphatic carbocycles. The lowest BCUT2D eigenvalue weighted by Gasteiger charge is -2.08. The topological polar surface area (TPSA) is 88.1 Å². The molecule has 0 spiro atoms. The summed E-state index contributed by atoms with van der Waals surface area (Å²) < 4.78 is 5.91. The normalized spacial score (nSPS) is 11.0. The molecule has 23 heavy (non-hydrogen) atoms. The number of rotatable bonds is 3. The number of hydrogen-bond donors (Lipinski definition) is 2. The molecule has 0 atom stereocenters. The summed E-state index contributed by atoms with van der Waals surface area (Å²) in [5.74, 6) is 0.310. The number of ether oxygens (including phenoxy) is 1. The van der Waals surface area contributed by atoms with Gasteiger partial charge in [-0.3, -0.25) is 5.10 Å². The van der Waals surface area contributed by atoms with Crippen LogP contribution in [-0.2, 0) is 0 Å². The lowest BCUT2D eigenvalue weighted by Crippen LogP contribution is -1.97. The van der Waals surface area contributed by atoms with Gasteiger partial charge in [-0.05, 0) is 41.1 Å². The summed E-state index contributed by atoms with van der Waals surface area (Å²) in [5.41, 5.74) is 0.923. The molecule has 0 bridgehead atoms. The first kappa shape index (κ1) is 13.3. The van der Waals surface area contributed by atoms with Crippen LogP contribution < -0.4 is 4.74 Å². The van der Waals surface area contributed by atoms with Crippen molar-refractivity contribution in [1.29, 1.82) is 0 Å². The first-order valence-corrected chi connectivity index (χ1v) is 6.94. The summed E-state index contributed by atoms with van der Waals surface area (Å²) in [7, 11) is 0. The van der Waals surface area contributed by atoms with Crippen LogP contribution in [0.15, 0.2) is 54.9 Å². The van der Waals surface area contributed by atoms with Crippen molar-refractivity contribution in [2.45, 2.75) is 0 Å². The van der Waals surface area contributed by atoms with Crippen LogP contribution in [0.1, 0.15) is 10.4 Å². The molecule has 112 valence electrons. The summed E-state index contributed by atoms with van der Waals surface area (Å²) in [5, 5.41) is 18.2. The van der Waals surface area contributed by atoms with Crippen molar-refractivity contribution < 1.29 is 14.6 Å². The zero-order valence-corrected chi connectivity index (χ0v) is 11.9. The van der Waals surface area contributed by atoms with Gasteiger partial charge in [0.05, 0.1) is 17.1 Å². The zero-order valence-electron chi connectivity index (χ0n) is 11.9. The second-order valence-electron chi connectivity index (χ2n) is 5.04. The highest BCUT2D eigenvalue weighted by Gasteiger charge is 2.10. The first-order chi connectivity index (χ1) is 11.2. The fourth-order valence-electron chi connectivity index (χ4n) is 2.56. The lowest BCUT2D eigenvalue weighted by molar-refractivity contribution is 0.0699. The van der Waals surface area contributed by atoms with E-state index < -0.39 is 5.97 Å². The first-order valence-electron chi connectivity index (χ1n) is 6.94. The Morgan fingerprint density at radius 1 is 1.13 bits per heavy atom. The summed E-state index contributed by atoms with van der Waals surface area (Å²) in [6.07, 6.45) is 3.29. The van der Waals surface area contributed by atoms with Crippen LogP contribution in [-0.4, -0.2) is 26.3 Å². The molecule has 6 nitrogen and oxygen atoms in total. The Kier molecular flexibility index (Phi) is 2.94. The molecular weight excluding hydrogens is 294 g/mol. The van der Waals surface area contributed by atoms with E-state index in [4.69, 9.17) is 4.74 Å². The largest absolute Gasteiger partial charge is 0.478 e. The van der Waals surface area contributed by atoms with Crippen molar-refractivity contribution >= 4 is 27.8 Å². The van der Waals surface area contributed by atoms with Crippen molar-refractivity contribution in [2.24, 2.45) is 0 Å². The van der Waals surface area contributed by atoms with Crippen molar-refractivity contribution in [2.75, 3.05) is 0 Å². The maximum Gasteiger partial charge on any atom is 0.336 e. The lowest BCUT2D eigenvalue weighted by atomic mass is 10.0. The van der Waals surface area contributed by atoms with Gasteiger partial charge in [0.25, 0.3) is 0 Å². The predicted octanol–water partition coefficient (Wildman–Crippen LogP) is 3.60. The molecule has 0 unspecified atom stereocenters. The molecule has 0 aliphatic rings. The quantitative estimate of drug-likeness (QED) is 0.603. The van der Waals surface area contributed by atoms with E-state index in [-0.39, 0.29) is 5.56 Å². The number of nitrogens with zero attached hydrogens (tertiary/aromatic N) is 2. The number of aromatic nitrogens is 3. The standard InChI is InChI=1S/C17H11N3O3/c21-17(22)13-3-1-2-10-8-11(4-5-12(10)13)23-15-6-7-18-16-14(15)9-19-20-16/h1-9H,(H,21,22)(H,18,19,20). The number of pyridine rings is 1. The van der Waals surface area contributed by atoms with Gasteiger partial charge in [-0.15, -0.1) is 0 Å². The van der Waals surface area contributed by atoms with Gasteiger partial charge in [0.1, 0.15) is 11.5 Å². The number of aromatic carboxylic acids is 1. The van der Waals surface area contributed by atoms with Crippen LogP contribution in [0.3, 0.4) is 0 Å². The molecule has 6 heteroatoms. The molecule has 0 aliphatic heterocycles. The number of H-pyrrole nitrogens is 1. The third kappa shape index (κ3) is 2.26. The Balaban J connectivity index is 1.78. The number of carbonyl (C=O) groups is 1. The SMILES string of the molecule is O=C(O)c1cccc2cc(Oc3ccnc4[nH]ncc34)ccc12. The Bertz CT molecular complexity index is 1040. The van der Waals surface area contributed by atoms with Crippen molar-refractivity contribution in [3.63, 3.8) is 0 Å². The number of carboxylic acids is 1. The molecule has 0 amide bonds. The number of benzene rings is 2. The van der Waals surface area contributed by atoms with E-state index in [1.165, 1.54) is 0 Å². The van der Waals surface area contributed by atoms with Crippen molar-refractivity contribution in [3.8, 4) is 11.5 Å². The predicted molar refractivity (Wildman–Crippen MR) is 84.9 cm³/mol. The maximum absolute atomic E-state index is 11.3. The molecular formula is C17H11N3O3.